The van der Waals surface area contributed by atoms with Gasteiger partial charge in [-0.05, 0) is 29.9 Å². The van der Waals surface area contributed by atoms with Crippen molar-refractivity contribution >= 4 is 12.2 Å². The molecule has 0 aromatic rings. The number of nitrogens with zero attached hydrogens (tertiary/aromatic N) is 2. The highest BCUT2D eigenvalue weighted by Crippen LogP contribution is 2.23. The Labute approximate surface area is 85.7 Å². The van der Waals surface area contributed by atoms with Crippen molar-refractivity contribution in [3.8, 4) is 0 Å². The highest BCUT2D eigenvalue weighted by molar-refractivity contribution is 5.37. The Balaban J connectivity index is -0.000000168. The molecule has 0 heterocycles. The summed E-state index contributed by atoms with van der Waals surface area (Å²) in [5, 5.41) is 13.5. The summed E-state index contributed by atoms with van der Waals surface area (Å²) < 4.78 is 0. The molecule has 0 bridgehead atoms. The standard InChI is InChI=1S/C8H18.2CNO/c1-7(2)6-8(3,4)5;2*2-1-3/h7H,6H2,1-5H3;;/q;2*-1. The zero-order valence-electron chi connectivity index (χ0n) is 9.50. The zero-order chi connectivity index (χ0) is 12.2. The Hall–Kier alpha value is -1.24. The third kappa shape index (κ3) is 72.5. The van der Waals surface area contributed by atoms with Gasteiger partial charge in [0, 0.05) is 0 Å². The summed E-state index contributed by atoms with van der Waals surface area (Å²) in [7, 11) is 0. The molecule has 0 aromatic carbocycles. The second kappa shape index (κ2) is 11.8. The van der Waals surface area contributed by atoms with Crippen LogP contribution in [0.5, 0.6) is 0 Å². The number of rotatable bonds is 1. The summed E-state index contributed by atoms with van der Waals surface area (Å²) >= 11 is 0. The fourth-order valence-corrected chi connectivity index (χ4v) is 1.22. The number of hydrogen-bond acceptors (Lipinski definition) is 2. The first-order valence-electron chi connectivity index (χ1n) is 4.27. The predicted octanol–water partition coefficient (Wildman–Crippen LogP) is 2.86. The fraction of sp³-hybridized carbons (Fsp3) is 0.800. The smallest absolute Gasteiger partial charge is 0.0159 e. The molecule has 4 heteroatoms. The van der Waals surface area contributed by atoms with Gasteiger partial charge in [0.2, 0.25) is 0 Å². The van der Waals surface area contributed by atoms with E-state index >= 15 is 0 Å². The van der Waals surface area contributed by atoms with Crippen molar-refractivity contribution in [3.05, 3.63) is 10.8 Å². The van der Waals surface area contributed by atoms with Gasteiger partial charge in [0.05, 0.1) is 0 Å². The van der Waals surface area contributed by atoms with E-state index in [-0.39, 0.29) is 0 Å². The Morgan fingerprint density at radius 3 is 1.29 bits per heavy atom. The molecule has 0 N–H and O–H groups in total. The van der Waals surface area contributed by atoms with Crippen molar-refractivity contribution in [2.45, 2.75) is 41.0 Å². The van der Waals surface area contributed by atoms with Gasteiger partial charge in [-0.2, -0.15) is 0 Å². The normalized spacial score (nSPS) is 8.43. The minimum Gasteiger partial charge on any atom is -0.724 e. The van der Waals surface area contributed by atoms with E-state index in [1.807, 2.05) is 0 Å². The second-order valence-corrected chi connectivity index (χ2v) is 4.34. The maximum Gasteiger partial charge on any atom is -0.0159 e. The quantitative estimate of drug-likeness (QED) is 0.479. The first-order chi connectivity index (χ1) is 6.24. The van der Waals surface area contributed by atoms with Gasteiger partial charge in [-0.25, -0.2) is 0 Å². The molecule has 0 rings (SSSR count). The summed E-state index contributed by atoms with van der Waals surface area (Å²) in [5.41, 5.74) is 0.522. The molecule has 0 saturated heterocycles. The van der Waals surface area contributed by atoms with Crippen molar-refractivity contribution in [3.63, 3.8) is 0 Å². The van der Waals surface area contributed by atoms with Crippen LogP contribution in [0.15, 0.2) is 0 Å². The first-order valence-corrected chi connectivity index (χ1v) is 4.27. The predicted molar refractivity (Wildman–Crippen MR) is 57.0 cm³/mol. The van der Waals surface area contributed by atoms with E-state index in [1.54, 1.807) is 0 Å². The van der Waals surface area contributed by atoms with Gasteiger partial charge in [-0.15, -0.1) is 0 Å². The van der Waals surface area contributed by atoms with Crippen LogP contribution >= 0.6 is 0 Å². The molecule has 4 nitrogen and oxygen atoms in total. The van der Waals surface area contributed by atoms with Gasteiger partial charge < -0.3 is 10.8 Å². The Bertz CT molecular complexity index is 169. The maximum atomic E-state index is 8.24. The molecule has 0 aliphatic carbocycles. The van der Waals surface area contributed by atoms with Gasteiger partial charge in [0.25, 0.3) is 0 Å². The molecule has 0 amide bonds. The molecule has 0 radical (unpaired) electrons. The number of carbonyl (C=O) groups excluding carboxylic acids is 2. The average molecular weight is 198 g/mol. The zero-order valence-corrected chi connectivity index (χ0v) is 9.50. The molecule has 0 fully saturated rings. The van der Waals surface area contributed by atoms with Crippen LogP contribution in [0.2, 0.25) is 0 Å². The Kier molecular flexibility index (Phi) is 15.6. The monoisotopic (exact) mass is 198 g/mol. The molecule has 82 valence electrons. The summed E-state index contributed by atoms with van der Waals surface area (Å²) in [6.07, 6.45) is 2.33. The van der Waals surface area contributed by atoms with E-state index in [0.29, 0.717) is 17.6 Å². The molecule has 0 unspecified atom stereocenters. The minimum absolute atomic E-state index is 0.500. The largest absolute Gasteiger partial charge is 0.724 e. The molecule has 0 atom stereocenters. The van der Waals surface area contributed by atoms with Crippen molar-refractivity contribution < 1.29 is 9.59 Å². The average Bonchev–Trinajstić information content (AvgIpc) is 1.83. The topological polar surface area (TPSA) is 78.7 Å². The fourth-order valence-electron chi connectivity index (χ4n) is 1.22. The maximum absolute atomic E-state index is 8.24. The molecule has 0 saturated carbocycles. The third-order valence-electron chi connectivity index (χ3n) is 1.02. The van der Waals surface area contributed by atoms with E-state index in [1.165, 1.54) is 6.42 Å². The molecule has 0 aliphatic heterocycles. The van der Waals surface area contributed by atoms with E-state index in [0.717, 1.165) is 5.92 Å². The van der Waals surface area contributed by atoms with E-state index < -0.39 is 0 Å². The summed E-state index contributed by atoms with van der Waals surface area (Å²) in [5.74, 6) is 0.843. The third-order valence-corrected chi connectivity index (χ3v) is 1.02. The van der Waals surface area contributed by atoms with Crippen molar-refractivity contribution in [1.29, 1.82) is 0 Å². The summed E-state index contributed by atoms with van der Waals surface area (Å²) in [6.45, 7) is 11.4. The highest BCUT2D eigenvalue weighted by atomic mass is 16.1. The van der Waals surface area contributed by atoms with Crippen molar-refractivity contribution in [2.75, 3.05) is 0 Å². The van der Waals surface area contributed by atoms with Gasteiger partial charge in [-0.1, -0.05) is 34.6 Å². The number of hydrogen-bond donors (Lipinski definition) is 0. The van der Waals surface area contributed by atoms with Crippen LogP contribution in [0.1, 0.15) is 41.0 Å². The van der Waals surface area contributed by atoms with Crippen LogP contribution in [0.4, 0.5) is 0 Å². The van der Waals surface area contributed by atoms with Gasteiger partial charge in [0.15, 0.2) is 0 Å². The van der Waals surface area contributed by atoms with Crippen molar-refractivity contribution in [1.82, 2.24) is 0 Å². The summed E-state index contributed by atoms with van der Waals surface area (Å²) in [6, 6.07) is 0. The Morgan fingerprint density at radius 1 is 1.07 bits per heavy atom. The lowest BCUT2D eigenvalue weighted by molar-refractivity contribution is 0.320. The second-order valence-electron chi connectivity index (χ2n) is 4.34. The van der Waals surface area contributed by atoms with Gasteiger partial charge >= 0.3 is 0 Å². The lowest BCUT2D eigenvalue weighted by Crippen LogP contribution is -2.08. The molecule has 0 aliphatic rings. The van der Waals surface area contributed by atoms with Crippen LogP contribution in [-0.4, -0.2) is 12.2 Å². The molecular weight excluding hydrogens is 180 g/mol. The molecule has 0 spiro atoms. The van der Waals surface area contributed by atoms with Crippen LogP contribution in [-0.2, 0) is 9.59 Å². The van der Waals surface area contributed by atoms with E-state index in [2.05, 4.69) is 34.6 Å². The van der Waals surface area contributed by atoms with Crippen LogP contribution in [0.25, 0.3) is 10.8 Å². The minimum atomic E-state index is 0.500. The van der Waals surface area contributed by atoms with Crippen LogP contribution in [0, 0.1) is 11.3 Å². The van der Waals surface area contributed by atoms with E-state index in [9.17, 15) is 0 Å². The SMILES string of the molecule is CC(C)CC(C)(C)C.[N-]=C=O.[N-]=C=O. The molecule has 0 aromatic heterocycles. The van der Waals surface area contributed by atoms with E-state index in [4.69, 9.17) is 20.4 Å². The lowest BCUT2D eigenvalue weighted by atomic mass is 9.86. The highest BCUT2D eigenvalue weighted by Gasteiger charge is 2.11. The lowest BCUT2D eigenvalue weighted by Gasteiger charge is -2.19. The van der Waals surface area contributed by atoms with Crippen LogP contribution in [0.3, 0.4) is 0 Å². The first kappa shape index (κ1) is 18.5. The number of isocyanates is 2. The molecule has 14 heavy (non-hydrogen) atoms. The van der Waals surface area contributed by atoms with Gasteiger partial charge in [-0.3, -0.25) is 9.59 Å². The van der Waals surface area contributed by atoms with Crippen molar-refractivity contribution in [2.24, 2.45) is 11.3 Å². The van der Waals surface area contributed by atoms with Crippen LogP contribution < -0.4 is 0 Å². The Morgan fingerprint density at radius 2 is 1.29 bits per heavy atom. The molecular formula is C10H18N2O2-2. The summed E-state index contributed by atoms with van der Waals surface area (Å²) in [4.78, 5) is 16.5. The van der Waals surface area contributed by atoms with Gasteiger partial charge in [0.1, 0.15) is 0 Å².